The van der Waals surface area contributed by atoms with E-state index >= 15 is 0 Å². The third kappa shape index (κ3) is 3.40. The molecule has 0 fully saturated rings. The Balaban J connectivity index is 1.89. The van der Waals surface area contributed by atoms with E-state index in [2.05, 4.69) is 6.07 Å². The minimum absolute atomic E-state index is 0.0386. The van der Waals surface area contributed by atoms with Gasteiger partial charge in [0.25, 0.3) is 5.69 Å². The summed E-state index contributed by atoms with van der Waals surface area (Å²) < 4.78 is 5.22. The second-order valence-electron chi connectivity index (χ2n) is 7.36. The first-order valence-electron chi connectivity index (χ1n) is 9.80. The second kappa shape index (κ2) is 7.95. The molecule has 0 unspecified atom stereocenters. The molecule has 1 atom stereocenters. The summed E-state index contributed by atoms with van der Waals surface area (Å²) in [7, 11) is 1.58. The average Bonchev–Trinajstić information content (AvgIpc) is 2.79. The van der Waals surface area contributed by atoms with Crippen molar-refractivity contribution in [2.24, 2.45) is 5.73 Å². The third-order valence-electron chi connectivity index (χ3n) is 5.68. The van der Waals surface area contributed by atoms with Crippen LogP contribution in [-0.4, -0.2) is 17.8 Å². The molecule has 2 N–H and O–H groups in total. The molecule has 0 saturated heterocycles. The van der Waals surface area contributed by atoms with E-state index in [0.717, 1.165) is 11.4 Å². The van der Waals surface area contributed by atoms with Gasteiger partial charge in [-0.1, -0.05) is 12.1 Å². The number of allylic oxidation sites excluding steroid dienone is 3. The Morgan fingerprint density at radius 1 is 1.16 bits per heavy atom. The number of nitro groups is 1. The average molecular weight is 416 g/mol. The normalized spacial score (nSPS) is 18.5. The van der Waals surface area contributed by atoms with Gasteiger partial charge in [0.2, 0.25) is 0 Å². The lowest BCUT2D eigenvalue weighted by molar-refractivity contribution is -0.384. The van der Waals surface area contributed by atoms with Crippen LogP contribution in [-0.2, 0) is 4.79 Å². The first-order chi connectivity index (χ1) is 15.0. The lowest BCUT2D eigenvalue weighted by Crippen LogP contribution is -2.38. The number of hydrogen-bond acceptors (Lipinski definition) is 7. The highest BCUT2D eigenvalue weighted by Crippen LogP contribution is 2.46. The van der Waals surface area contributed by atoms with Gasteiger partial charge in [-0.2, -0.15) is 5.26 Å². The number of nitriles is 1. The molecule has 0 aromatic heterocycles. The third-order valence-corrected chi connectivity index (χ3v) is 5.68. The number of nitrogens with two attached hydrogens (primary N) is 1. The standard InChI is InChI=1S/C23H20N4O4/c1-31-17-11-9-15(10-12-17)26-19-3-2-4-20(28)22(19)21(18(13-24)23(26)25)14-5-7-16(8-6-14)27(29)30/h5-12,21H,2-4,25H2,1H3/t21-/m0/s1. The monoisotopic (exact) mass is 416 g/mol. The second-order valence-corrected chi connectivity index (χ2v) is 7.36. The van der Waals surface area contributed by atoms with E-state index in [1.807, 2.05) is 12.1 Å². The Morgan fingerprint density at radius 3 is 2.42 bits per heavy atom. The first kappa shape index (κ1) is 20.2. The number of nitro benzene ring substituents is 1. The molecular weight excluding hydrogens is 396 g/mol. The Kier molecular flexibility index (Phi) is 5.17. The fourth-order valence-electron chi connectivity index (χ4n) is 4.23. The molecular formula is C23H20N4O4. The molecule has 0 bridgehead atoms. The number of ether oxygens (including phenoxy) is 1. The molecule has 2 aromatic carbocycles. The summed E-state index contributed by atoms with van der Waals surface area (Å²) in [6, 6.07) is 15.4. The summed E-state index contributed by atoms with van der Waals surface area (Å²) in [6.45, 7) is 0. The minimum Gasteiger partial charge on any atom is -0.497 e. The summed E-state index contributed by atoms with van der Waals surface area (Å²) in [5.74, 6) is 0.248. The SMILES string of the molecule is COc1ccc(N2C(N)=C(C#N)[C@H](c3ccc([N+](=O)[O-])cc3)C3=C2CCCC3=O)cc1. The smallest absolute Gasteiger partial charge is 0.269 e. The van der Waals surface area contributed by atoms with Gasteiger partial charge in [-0.05, 0) is 42.7 Å². The van der Waals surface area contributed by atoms with Gasteiger partial charge in [0.15, 0.2) is 5.78 Å². The van der Waals surface area contributed by atoms with Crippen molar-refractivity contribution in [3.63, 3.8) is 0 Å². The van der Waals surface area contributed by atoms with Crippen LogP contribution >= 0.6 is 0 Å². The molecule has 4 rings (SSSR count). The first-order valence-corrected chi connectivity index (χ1v) is 9.80. The number of ketones is 1. The van der Waals surface area contributed by atoms with Crippen molar-refractivity contribution in [3.05, 3.63) is 86.9 Å². The molecule has 0 saturated carbocycles. The molecule has 0 amide bonds. The Labute approximate surface area is 179 Å². The van der Waals surface area contributed by atoms with E-state index in [0.29, 0.717) is 36.1 Å². The van der Waals surface area contributed by atoms with Crippen molar-refractivity contribution in [1.82, 2.24) is 0 Å². The number of non-ortho nitro benzene ring substituents is 1. The van der Waals surface area contributed by atoms with Crippen molar-refractivity contribution in [2.45, 2.75) is 25.2 Å². The van der Waals surface area contributed by atoms with Gasteiger partial charge >= 0.3 is 0 Å². The van der Waals surface area contributed by atoms with E-state index < -0.39 is 10.8 Å². The molecule has 0 spiro atoms. The number of anilines is 1. The molecule has 8 heteroatoms. The maximum absolute atomic E-state index is 13.0. The molecule has 8 nitrogen and oxygen atoms in total. The lowest BCUT2D eigenvalue weighted by Gasteiger charge is -2.39. The highest BCUT2D eigenvalue weighted by Gasteiger charge is 2.40. The fraction of sp³-hybridized carbons (Fsp3) is 0.217. The zero-order valence-corrected chi connectivity index (χ0v) is 16.9. The van der Waals surface area contributed by atoms with Crippen LogP contribution in [0.2, 0.25) is 0 Å². The van der Waals surface area contributed by atoms with E-state index in [9.17, 15) is 20.2 Å². The zero-order chi connectivity index (χ0) is 22.1. The summed E-state index contributed by atoms with van der Waals surface area (Å²) >= 11 is 0. The fourth-order valence-corrected chi connectivity index (χ4v) is 4.23. The van der Waals surface area contributed by atoms with E-state index in [4.69, 9.17) is 10.5 Å². The van der Waals surface area contributed by atoms with Crippen LogP contribution in [0.25, 0.3) is 0 Å². The Morgan fingerprint density at radius 2 is 1.84 bits per heavy atom. The Hall–Kier alpha value is -4.12. The summed E-state index contributed by atoms with van der Waals surface area (Å²) in [4.78, 5) is 25.4. The number of carbonyl (C=O) groups is 1. The van der Waals surface area contributed by atoms with Crippen LogP contribution in [0.4, 0.5) is 11.4 Å². The molecule has 1 aliphatic heterocycles. The molecule has 2 aromatic rings. The van der Waals surface area contributed by atoms with Crippen LogP contribution in [0.15, 0.2) is 71.2 Å². The van der Waals surface area contributed by atoms with Crippen LogP contribution in [0.3, 0.4) is 0 Å². The van der Waals surface area contributed by atoms with Crippen LogP contribution in [0.5, 0.6) is 5.75 Å². The van der Waals surface area contributed by atoms with Gasteiger partial charge in [-0.3, -0.25) is 19.8 Å². The van der Waals surface area contributed by atoms with Crippen LogP contribution in [0.1, 0.15) is 30.7 Å². The Bertz CT molecular complexity index is 1160. The number of rotatable bonds is 4. The number of nitrogens with zero attached hydrogens (tertiary/aromatic N) is 3. The van der Waals surface area contributed by atoms with Crippen molar-refractivity contribution in [1.29, 1.82) is 5.26 Å². The quantitative estimate of drug-likeness (QED) is 0.592. The molecule has 0 radical (unpaired) electrons. The van der Waals surface area contributed by atoms with Gasteiger partial charge in [-0.15, -0.1) is 0 Å². The highest BCUT2D eigenvalue weighted by atomic mass is 16.6. The maximum Gasteiger partial charge on any atom is 0.269 e. The summed E-state index contributed by atoms with van der Waals surface area (Å²) in [6.07, 6.45) is 1.71. The van der Waals surface area contributed by atoms with E-state index in [-0.39, 0.29) is 22.9 Å². The predicted molar refractivity (Wildman–Crippen MR) is 114 cm³/mol. The van der Waals surface area contributed by atoms with Gasteiger partial charge in [0, 0.05) is 35.5 Å². The van der Waals surface area contributed by atoms with Crippen LogP contribution in [0, 0.1) is 21.4 Å². The number of carbonyl (C=O) groups excluding carboxylic acids is 1. The van der Waals surface area contributed by atoms with Gasteiger partial charge in [0.05, 0.1) is 29.6 Å². The maximum atomic E-state index is 13.0. The lowest BCUT2D eigenvalue weighted by atomic mass is 9.75. The largest absolute Gasteiger partial charge is 0.497 e. The number of benzene rings is 2. The highest BCUT2D eigenvalue weighted by molar-refractivity contribution is 6.01. The summed E-state index contributed by atoms with van der Waals surface area (Å²) in [5.41, 5.74) is 9.34. The molecule has 1 aliphatic carbocycles. The number of hydrogen-bond donors (Lipinski definition) is 1. The molecule has 156 valence electrons. The molecule has 2 aliphatic rings. The van der Waals surface area contributed by atoms with Crippen molar-refractivity contribution in [2.75, 3.05) is 12.0 Å². The topological polar surface area (TPSA) is 122 Å². The molecule has 31 heavy (non-hydrogen) atoms. The predicted octanol–water partition coefficient (Wildman–Crippen LogP) is 3.91. The van der Waals surface area contributed by atoms with Crippen LogP contribution < -0.4 is 15.4 Å². The number of methoxy groups -OCH3 is 1. The van der Waals surface area contributed by atoms with Crippen molar-refractivity contribution < 1.29 is 14.5 Å². The van der Waals surface area contributed by atoms with Crippen molar-refractivity contribution in [3.8, 4) is 11.8 Å². The minimum atomic E-state index is -0.650. The van der Waals surface area contributed by atoms with E-state index in [1.54, 1.807) is 36.3 Å². The van der Waals surface area contributed by atoms with Gasteiger partial charge in [0.1, 0.15) is 11.6 Å². The molecule has 1 heterocycles. The number of Topliss-reactive ketones (excluding diaryl/α,β-unsaturated/α-hetero) is 1. The summed E-state index contributed by atoms with van der Waals surface area (Å²) in [5, 5.41) is 21.0. The van der Waals surface area contributed by atoms with Gasteiger partial charge in [-0.25, -0.2) is 0 Å². The van der Waals surface area contributed by atoms with Gasteiger partial charge < -0.3 is 10.5 Å². The van der Waals surface area contributed by atoms with E-state index in [1.165, 1.54) is 12.1 Å². The zero-order valence-electron chi connectivity index (χ0n) is 16.9. The van der Waals surface area contributed by atoms with Crippen molar-refractivity contribution >= 4 is 17.2 Å².